The second-order valence-electron chi connectivity index (χ2n) is 4.60. The zero-order valence-corrected chi connectivity index (χ0v) is 11.0. The molecule has 1 fully saturated rings. The number of nitrogens with one attached hydrogen (secondary N) is 1. The van der Waals surface area contributed by atoms with E-state index in [1.54, 1.807) is 0 Å². The van der Waals surface area contributed by atoms with Gasteiger partial charge in [-0.2, -0.15) is 0 Å². The van der Waals surface area contributed by atoms with Crippen molar-refractivity contribution in [1.29, 1.82) is 0 Å². The lowest BCUT2D eigenvalue weighted by atomic mass is 10.2. The molecule has 8 heteroatoms. The van der Waals surface area contributed by atoms with Gasteiger partial charge in [0.2, 0.25) is 10.0 Å². The Morgan fingerprint density at radius 3 is 2.42 bits per heavy atom. The highest BCUT2D eigenvalue weighted by Gasteiger charge is 2.29. The van der Waals surface area contributed by atoms with Gasteiger partial charge in [-0.15, -0.1) is 0 Å². The molecule has 0 heterocycles. The van der Waals surface area contributed by atoms with Crippen molar-refractivity contribution in [2.45, 2.75) is 23.8 Å². The molecule has 0 amide bonds. The normalized spacial score (nSPS) is 17.1. The predicted octanol–water partition coefficient (Wildman–Crippen LogP) is 0.610. The van der Waals surface area contributed by atoms with E-state index in [0.29, 0.717) is 5.92 Å². The Bertz CT molecular complexity index is 566. The van der Waals surface area contributed by atoms with Gasteiger partial charge in [0.1, 0.15) is 0 Å². The summed E-state index contributed by atoms with van der Waals surface area (Å²) in [4.78, 5) is 9.91. The Morgan fingerprint density at radius 1 is 1.37 bits per heavy atom. The van der Waals surface area contributed by atoms with Crippen molar-refractivity contribution in [3.05, 3.63) is 34.4 Å². The van der Waals surface area contributed by atoms with Crippen LogP contribution in [0.3, 0.4) is 0 Å². The van der Waals surface area contributed by atoms with Crippen LogP contribution < -0.4 is 10.5 Å². The van der Waals surface area contributed by atoms with Crippen LogP contribution in [-0.2, 0) is 10.0 Å². The second kappa shape index (κ2) is 5.24. The average Bonchev–Trinajstić information content (AvgIpc) is 3.20. The van der Waals surface area contributed by atoms with E-state index >= 15 is 0 Å². The summed E-state index contributed by atoms with van der Waals surface area (Å²) in [5.74, 6) is 0.402. The first-order valence-corrected chi connectivity index (χ1v) is 7.38. The molecule has 3 N–H and O–H groups in total. The maximum Gasteiger partial charge on any atom is 0.269 e. The number of nitrogens with zero attached hydrogens (tertiary/aromatic N) is 1. The Morgan fingerprint density at radius 2 is 1.95 bits per heavy atom. The van der Waals surface area contributed by atoms with Gasteiger partial charge in [0.05, 0.1) is 9.82 Å². The smallest absolute Gasteiger partial charge is 0.269 e. The van der Waals surface area contributed by atoms with Crippen molar-refractivity contribution in [3.63, 3.8) is 0 Å². The number of rotatable bonds is 6. The van der Waals surface area contributed by atoms with Crippen LogP contribution in [0, 0.1) is 16.0 Å². The number of sulfonamides is 1. The van der Waals surface area contributed by atoms with E-state index in [1.807, 2.05) is 0 Å². The van der Waals surface area contributed by atoms with Gasteiger partial charge in [-0.05, 0) is 30.9 Å². The van der Waals surface area contributed by atoms with Gasteiger partial charge in [-0.3, -0.25) is 10.1 Å². The van der Waals surface area contributed by atoms with Crippen LogP contribution >= 0.6 is 0 Å². The summed E-state index contributed by atoms with van der Waals surface area (Å²) in [6.45, 7) is 0.185. The molecular weight excluding hydrogens is 270 g/mol. The average molecular weight is 285 g/mol. The fourth-order valence-corrected chi connectivity index (χ4v) is 2.80. The first-order chi connectivity index (χ1) is 8.90. The second-order valence-corrected chi connectivity index (χ2v) is 6.37. The summed E-state index contributed by atoms with van der Waals surface area (Å²) in [7, 11) is -3.66. The standard InChI is InChI=1S/C11H15N3O4S/c12-11(8-1-2-8)7-13-19(17,18)10-5-3-9(4-6-10)14(15)16/h3-6,8,11,13H,1-2,7,12H2/t11-/m1/s1. The highest BCUT2D eigenvalue weighted by molar-refractivity contribution is 7.89. The number of hydrogen-bond donors (Lipinski definition) is 2. The summed E-state index contributed by atoms with van der Waals surface area (Å²) in [5.41, 5.74) is 5.67. The highest BCUT2D eigenvalue weighted by Crippen LogP contribution is 2.31. The third-order valence-corrected chi connectivity index (χ3v) is 4.53. The summed E-state index contributed by atoms with van der Waals surface area (Å²) < 4.78 is 26.3. The first kappa shape index (κ1) is 13.9. The van der Waals surface area contributed by atoms with Gasteiger partial charge in [0.25, 0.3) is 5.69 Å². The van der Waals surface area contributed by atoms with E-state index in [0.717, 1.165) is 25.0 Å². The topological polar surface area (TPSA) is 115 Å². The number of hydrogen-bond acceptors (Lipinski definition) is 5. The van der Waals surface area contributed by atoms with Crippen LogP contribution in [0.25, 0.3) is 0 Å². The van der Waals surface area contributed by atoms with E-state index in [9.17, 15) is 18.5 Å². The number of nitro groups is 1. The van der Waals surface area contributed by atoms with Crippen LogP contribution in [0.4, 0.5) is 5.69 Å². The minimum Gasteiger partial charge on any atom is -0.326 e. The maximum atomic E-state index is 11.9. The molecule has 0 saturated heterocycles. The molecule has 19 heavy (non-hydrogen) atoms. The molecular formula is C11H15N3O4S. The molecule has 1 saturated carbocycles. The number of nitrogens with two attached hydrogens (primary N) is 1. The van der Waals surface area contributed by atoms with E-state index in [-0.39, 0.29) is 23.2 Å². The zero-order chi connectivity index (χ0) is 14.0. The Hall–Kier alpha value is -1.51. The van der Waals surface area contributed by atoms with E-state index in [2.05, 4.69) is 4.72 Å². The van der Waals surface area contributed by atoms with E-state index in [1.165, 1.54) is 12.1 Å². The van der Waals surface area contributed by atoms with Crippen LogP contribution in [0.15, 0.2) is 29.2 Å². The molecule has 2 rings (SSSR count). The molecule has 0 radical (unpaired) electrons. The van der Waals surface area contributed by atoms with Gasteiger partial charge in [0, 0.05) is 24.7 Å². The largest absolute Gasteiger partial charge is 0.326 e. The molecule has 7 nitrogen and oxygen atoms in total. The highest BCUT2D eigenvalue weighted by atomic mass is 32.2. The van der Waals surface area contributed by atoms with Crippen LogP contribution in [0.2, 0.25) is 0 Å². The Labute approximate surface area is 111 Å². The third kappa shape index (κ3) is 3.49. The maximum absolute atomic E-state index is 11.9. The minimum atomic E-state index is -3.66. The van der Waals surface area contributed by atoms with Crippen molar-refractivity contribution in [2.75, 3.05) is 6.54 Å². The van der Waals surface area contributed by atoms with Gasteiger partial charge < -0.3 is 5.73 Å². The SMILES string of the molecule is N[C@H](CNS(=O)(=O)c1ccc([N+](=O)[O-])cc1)C1CC1. The molecule has 0 spiro atoms. The van der Waals surface area contributed by atoms with Crippen LogP contribution in [-0.4, -0.2) is 25.9 Å². The Kier molecular flexibility index (Phi) is 3.83. The van der Waals surface area contributed by atoms with Gasteiger partial charge in [-0.25, -0.2) is 13.1 Å². The fraction of sp³-hybridized carbons (Fsp3) is 0.455. The fourth-order valence-electron chi connectivity index (χ4n) is 1.73. The van der Waals surface area contributed by atoms with Crippen LogP contribution in [0.5, 0.6) is 0 Å². The number of benzene rings is 1. The van der Waals surface area contributed by atoms with Crippen molar-refractivity contribution >= 4 is 15.7 Å². The lowest BCUT2D eigenvalue weighted by Gasteiger charge is -2.11. The van der Waals surface area contributed by atoms with Crippen molar-refractivity contribution in [2.24, 2.45) is 11.7 Å². The van der Waals surface area contributed by atoms with E-state index < -0.39 is 14.9 Å². The lowest BCUT2D eigenvalue weighted by Crippen LogP contribution is -2.38. The molecule has 0 aliphatic heterocycles. The molecule has 0 bridgehead atoms. The van der Waals surface area contributed by atoms with Crippen molar-refractivity contribution < 1.29 is 13.3 Å². The van der Waals surface area contributed by atoms with Crippen molar-refractivity contribution in [1.82, 2.24) is 4.72 Å². The third-order valence-electron chi connectivity index (χ3n) is 3.09. The summed E-state index contributed by atoms with van der Waals surface area (Å²) in [6.07, 6.45) is 2.08. The van der Waals surface area contributed by atoms with Gasteiger partial charge in [0.15, 0.2) is 0 Å². The summed E-state index contributed by atoms with van der Waals surface area (Å²) in [5, 5.41) is 10.5. The summed E-state index contributed by atoms with van der Waals surface area (Å²) >= 11 is 0. The Balaban J connectivity index is 2.03. The molecule has 0 unspecified atom stereocenters. The molecule has 0 aromatic heterocycles. The predicted molar refractivity (Wildman–Crippen MR) is 69.0 cm³/mol. The first-order valence-electron chi connectivity index (χ1n) is 5.90. The quantitative estimate of drug-likeness (QED) is 0.587. The molecule has 104 valence electrons. The van der Waals surface area contributed by atoms with Crippen LogP contribution in [0.1, 0.15) is 12.8 Å². The number of non-ortho nitro benzene ring substituents is 1. The molecule has 1 aliphatic carbocycles. The molecule has 1 aromatic carbocycles. The van der Waals surface area contributed by atoms with Gasteiger partial charge >= 0.3 is 0 Å². The lowest BCUT2D eigenvalue weighted by molar-refractivity contribution is -0.384. The molecule has 1 aromatic rings. The monoisotopic (exact) mass is 285 g/mol. The van der Waals surface area contributed by atoms with Gasteiger partial charge in [-0.1, -0.05) is 0 Å². The molecule has 1 aliphatic rings. The van der Waals surface area contributed by atoms with E-state index in [4.69, 9.17) is 5.73 Å². The zero-order valence-electron chi connectivity index (χ0n) is 10.2. The summed E-state index contributed by atoms with van der Waals surface area (Å²) in [6, 6.07) is 4.57. The number of nitro benzene ring substituents is 1. The minimum absolute atomic E-state index is 0.00102. The molecule has 1 atom stereocenters. The van der Waals surface area contributed by atoms with Crippen molar-refractivity contribution in [3.8, 4) is 0 Å².